The first-order chi connectivity index (χ1) is 18.4. The van der Waals surface area contributed by atoms with Gasteiger partial charge in [0.2, 0.25) is 5.88 Å². The molecule has 2 aromatic rings. The van der Waals surface area contributed by atoms with Gasteiger partial charge in [-0.2, -0.15) is 0 Å². The molecule has 204 valence electrons. The van der Waals surface area contributed by atoms with Crippen LogP contribution in [0.4, 0.5) is 0 Å². The number of nitrogens with two attached hydrogens (primary N) is 1. The van der Waals surface area contributed by atoms with Crippen LogP contribution in [0.3, 0.4) is 0 Å². The number of rotatable bonds is 4. The molecule has 2 aliphatic heterocycles. The van der Waals surface area contributed by atoms with E-state index in [1.165, 1.54) is 11.3 Å². The van der Waals surface area contributed by atoms with Crippen LogP contribution < -0.4 is 21.2 Å². The van der Waals surface area contributed by atoms with Crippen molar-refractivity contribution in [2.24, 2.45) is 5.84 Å². The standard InChI is InChI=1S/C25H34N8O4S/c1-18-20(16-31(2)6-7-32-8-10-33(26)11-9-32)29-24(35)21-17-38-25(30-21)19-3-4-27-22(15-19)37-14-13-36-12-5-28-23(18)34/h3-4,15-17H,1,5-14,26H2,2H3,(H,28,34)(H,29,35)/b20-16+. The normalized spacial score (nSPS) is 19.7. The summed E-state index contributed by atoms with van der Waals surface area (Å²) in [6.45, 7) is 10.1. The van der Waals surface area contributed by atoms with Crippen LogP contribution >= 0.6 is 11.3 Å². The molecule has 4 heterocycles. The van der Waals surface area contributed by atoms with Gasteiger partial charge in [0, 0.05) is 82.3 Å². The van der Waals surface area contributed by atoms with Crippen molar-refractivity contribution in [1.29, 1.82) is 0 Å². The second kappa shape index (κ2) is 13.4. The first kappa shape index (κ1) is 27.7. The Hall–Kier alpha value is -3.36. The summed E-state index contributed by atoms with van der Waals surface area (Å²) in [6, 6.07) is 3.58. The number of hydrogen-bond acceptors (Lipinski definition) is 11. The van der Waals surface area contributed by atoms with Crippen LogP contribution in [0.15, 0.2) is 47.8 Å². The van der Waals surface area contributed by atoms with E-state index >= 15 is 0 Å². The summed E-state index contributed by atoms with van der Waals surface area (Å²) in [7, 11) is 1.90. The highest BCUT2D eigenvalue weighted by molar-refractivity contribution is 7.13. The molecule has 0 aromatic carbocycles. The van der Waals surface area contributed by atoms with E-state index in [-0.39, 0.29) is 17.8 Å². The van der Waals surface area contributed by atoms with Crippen LogP contribution in [-0.2, 0) is 9.53 Å². The summed E-state index contributed by atoms with van der Waals surface area (Å²) >= 11 is 1.33. The molecule has 38 heavy (non-hydrogen) atoms. The molecule has 0 aliphatic carbocycles. The van der Waals surface area contributed by atoms with E-state index in [2.05, 4.69) is 32.1 Å². The van der Waals surface area contributed by atoms with E-state index < -0.39 is 11.8 Å². The number of fused-ring (bicyclic) bond motifs is 5. The Balaban J connectivity index is 1.51. The van der Waals surface area contributed by atoms with Gasteiger partial charge in [-0.3, -0.25) is 20.3 Å². The summed E-state index contributed by atoms with van der Waals surface area (Å²) in [5.41, 5.74) is 1.47. The first-order valence-electron chi connectivity index (χ1n) is 12.4. The number of likely N-dealkylation sites (N-methyl/N-ethyl adjacent to an activating group) is 1. The van der Waals surface area contributed by atoms with Gasteiger partial charge >= 0.3 is 0 Å². The number of hydrazine groups is 1. The molecule has 13 heteroatoms. The van der Waals surface area contributed by atoms with E-state index in [1.54, 1.807) is 23.8 Å². The number of carbonyl (C=O) groups excluding carboxylic acids is 2. The third kappa shape index (κ3) is 7.82. The fourth-order valence-electron chi connectivity index (χ4n) is 3.85. The molecule has 0 spiro atoms. The molecule has 4 bridgehead atoms. The van der Waals surface area contributed by atoms with Crippen molar-refractivity contribution in [1.82, 2.24) is 35.4 Å². The van der Waals surface area contributed by atoms with Crippen molar-refractivity contribution in [3.05, 3.63) is 53.5 Å². The van der Waals surface area contributed by atoms with Gasteiger partial charge in [-0.25, -0.2) is 15.0 Å². The summed E-state index contributed by atoms with van der Waals surface area (Å²) < 4.78 is 11.2. The molecule has 2 aromatic heterocycles. The number of carbonyl (C=O) groups is 2. The quantitative estimate of drug-likeness (QED) is 0.365. The average molecular weight is 543 g/mol. The maximum Gasteiger partial charge on any atom is 0.275 e. The van der Waals surface area contributed by atoms with Gasteiger partial charge in [0.15, 0.2) is 0 Å². The van der Waals surface area contributed by atoms with E-state index in [9.17, 15) is 9.59 Å². The number of hydrogen-bond donors (Lipinski definition) is 3. The molecule has 0 unspecified atom stereocenters. The van der Waals surface area contributed by atoms with Crippen LogP contribution in [0.2, 0.25) is 0 Å². The molecule has 4 rings (SSSR count). The van der Waals surface area contributed by atoms with E-state index in [1.807, 2.05) is 23.0 Å². The topological polar surface area (TPSA) is 138 Å². The highest BCUT2D eigenvalue weighted by Gasteiger charge is 2.20. The number of aromatic nitrogens is 2. The van der Waals surface area contributed by atoms with E-state index in [0.29, 0.717) is 43.0 Å². The van der Waals surface area contributed by atoms with Crippen molar-refractivity contribution >= 4 is 23.2 Å². The minimum atomic E-state index is -0.435. The number of ether oxygens (including phenoxy) is 2. The number of pyridine rings is 1. The predicted molar refractivity (Wildman–Crippen MR) is 144 cm³/mol. The van der Waals surface area contributed by atoms with Gasteiger partial charge in [-0.05, 0) is 6.07 Å². The number of nitrogens with zero attached hydrogens (tertiary/aromatic N) is 5. The average Bonchev–Trinajstić information content (AvgIpc) is 3.42. The monoisotopic (exact) mass is 542 g/mol. The summed E-state index contributed by atoms with van der Waals surface area (Å²) in [6.07, 6.45) is 3.37. The summed E-state index contributed by atoms with van der Waals surface area (Å²) in [5, 5.41) is 9.76. The zero-order valence-corrected chi connectivity index (χ0v) is 22.3. The summed E-state index contributed by atoms with van der Waals surface area (Å²) in [4.78, 5) is 39.0. The minimum Gasteiger partial charge on any atom is -0.475 e. The molecule has 0 saturated carbocycles. The Bertz CT molecular complexity index is 1160. The van der Waals surface area contributed by atoms with Gasteiger partial charge in [0.25, 0.3) is 11.8 Å². The minimum absolute atomic E-state index is 0.139. The molecular weight excluding hydrogens is 508 g/mol. The van der Waals surface area contributed by atoms with Crippen LogP contribution in [0.25, 0.3) is 10.6 Å². The second-order valence-corrected chi connectivity index (χ2v) is 9.83. The Labute approximate surface area is 226 Å². The Kier molecular flexibility index (Phi) is 9.79. The molecular formula is C25H34N8O4S. The molecule has 12 nitrogen and oxygen atoms in total. The maximum absolute atomic E-state index is 13.2. The fraction of sp³-hybridized carbons (Fsp3) is 0.440. The van der Waals surface area contributed by atoms with Gasteiger partial charge in [0.1, 0.15) is 17.3 Å². The molecule has 1 fully saturated rings. The summed E-state index contributed by atoms with van der Waals surface area (Å²) in [5.74, 6) is 5.45. The highest BCUT2D eigenvalue weighted by atomic mass is 32.1. The molecule has 2 amide bonds. The number of nitrogens with one attached hydrogen (secondary N) is 2. The predicted octanol–water partition coefficient (Wildman–Crippen LogP) is 0.281. The zero-order valence-electron chi connectivity index (χ0n) is 21.5. The Morgan fingerprint density at radius 3 is 2.84 bits per heavy atom. The number of amides is 2. The molecule has 2 aliphatic rings. The van der Waals surface area contributed by atoms with E-state index in [0.717, 1.165) is 38.3 Å². The lowest BCUT2D eigenvalue weighted by molar-refractivity contribution is -0.117. The van der Waals surface area contributed by atoms with Crippen LogP contribution in [0.5, 0.6) is 5.88 Å². The number of piperazine rings is 1. The molecule has 1 saturated heterocycles. The second-order valence-electron chi connectivity index (χ2n) is 8.97. The van der Waals surface area contributed by atoms with Gasteiger partial charge < -0.3 is 25.0 Å². The SMILES string of the molecule is C=C1C(=O)NCCOCCOc2cc(ccn2)-c2nc(cs2)C(=O)N/C1=C/N(C)CCN1CCN(N)CC1. The van der Waals surface area contributed by atoms with Crippen molar-refractivity contribution < 1.29 is 19.1 Å². The lowest BCUT2D eigenvalue weighted by Gasteiger charge is -2.32. The maximum atomic E-state index is 13.2. The van der Waals surface area contributed by atoms with E-state index in [4.69, 9.17) is 15.3 Å². The highest BCUT2D eigenvalue weighted by Crippen LogP contribution is 2.26. The van der Waals surface area contributed by atoms with Crippen molar-refractivity contribution in [3.8, 4) is 16.5 Å². The lowest BCUT2D eigenvalue weighted by Crippen LogP contribution is -2.50. The third-order valence-corrected chi connectivity index (χ3v) is 6.99. The van der Waals surface area contributed by atoms with Crippen LogP contribution in [0.1, 0.15) is 10.5 Å². The van der Waals surface area contributed by atoms with Crippen molar-refractivity contribution in [2.75, 3.05) is 72.7 Å². The molecule has 0 radical (unpaired) electrons. The third-order valence-electron chi connectivity index (χ3n) is 6.10. The largest absolute Gasteiger partial charge is 0.475 e. The molecule has 4 N–H and O–H groups in total. The van der Waals surface area contributed by atoms with Crippen LogP contribution in [-0.4, -0.2) is 109 Å². The van der Waals surface area contributed by atoms with Gasteiger partial charge in [-0.1, -0.05) is 6.58 Å². The van der Waals surface area contributed by atoms with Crippen LogP contribution in [0, 0.1) is 0 Å². The van der Waals surface area contributed by atoms with Gasteiger partial charge in [0.05, 0.1) is 24.5 Å². The zero-order chi connectivity index (χ0) is 26.9. The fourth-order valence-corrected chi connectivity index (χ4v) is 4.65. The van der Waals surface area contributed by atoms with Gasteiger partial charge in [-0.15, -0.1) is 11.3 Å². The first-order valence-corrected chi connectivity index (χ1v) is 13.3. The lowest BCUT2D eigenvalue weighted by atomic mass is 10.2. The van der Waals surface area contributed by atoms with Crippen molar-refractivity contribution in [3.63, 3.8) is 0 Å². The smallest absolute Gasteiger partial charge is 0.275 e. The number of thiazole rings is 1. The van der Waals surface area contributed by atoms with Crippen molar-refractivity contribution in [2.45, 2.75) is 0 Å². The Morgan fingerprint density at radius 2 is 2.03 bits per heavy atom. The molecule has 0 atom stereocenters. The Morgan fingerprint density at radius 1 is 1.21 bits per heavy atom.